The fourth-order valence-electron chi connectivity index (χ4n) is 0.979. The molecule has 13 heavy (non-hydrogen) atoms. The SMILES string of the molecule is CC[C@@H](N)c1ccc(Br)c(Br)c1.Cl. The van der Waals surface area contributed by atoms with Gasteiger partial charge in [0, 0.05) is 15.0 Å². The summed E-state index contributed by atoms with van der Waals surface area (Å²) < 4.78 is 2.12. The standard InChI is InChI=1S/C9H11Br2N.ClH/c1-2-9(12)6-3-4-7(10)8(11)5-6;/h3-5,9H,2,12H2,1H3;1H/t9-;/m1./s1. The Morgan fingerprint density at radius 1 is 1.31 bits per heavy atom. The molecule has 2 N–H and O–H groups in total. The lowest BCUT2D eigenvalue weighted by molar-refractivity contribution is 0.698. The highest BCUT2D eigenvalue weighted by Crippen LogP contribution is 2.26. The molecule has 0 radical (unpaired) electrons. The second-order valence-corrected chi connectivity index (χ2v) is 4.40. The molecule has 1 aromatic carbocycles. The first-order valence-corrected chi connectivity index (χ1v) is 5.44. The van der Waals surface area contributed by atoms with Crippen LogP contribution in [0.1, 0.15) is 24.9 Å². The first-order valence-electron chi connectivity index (χ1n) is 3.85. The van der Waals surface area contributed by atoms with Crippen molar-refractivity contribution in [3.63, 3.8) is 0 Å². The fourth-order valence-corrected chi connectivity index (χ4v) is 1.62. The predicted octanol–water partition coefficient (Wildman–Crippen LogP) is 4.04. The summed E-state index contributed by atoms with van der Waals surface area (Å²) in [5, 5.41) is 0. The molecule has 1 rings (SSSR count). The summed E-state index contributed by atoms with van der Waals surface area (Å²) >= 11 is 6.85. The van der Waals surface area contributed by atoms with E-state index in [1.807, 2.05) is 12.1 Å². The summed E-state index contributed by atoms with van der Waals surface area (Å²) in [5.41, 5.74) is 7.05. The molecule has 4 heteroatoms. The molecule has 1 nitrogen and oxygen atoms in total. The van der Waals surface area contributed by atoms with E-state index in [1.54, 1.807) is 0 Å². The molecule has 0 amide bonds. The zero-order chi connectivity index (χ0) is 9.14. The first kappa shape index (κ1) is 13.4. The molecule has 0 saturated heterocycles. The van der Waals surface area contributed by atoms with Crippen molar-refractivity contribution in [3.05, 3.63) is 32.7 Å². The number of halogens is 3. The van der Waals surface area contributed by atoms with E-state index in [9.17, 15) is 0 Å². The minimum atomic E-state index is 0. The first-order chi connectivity index (χ1) is 5.65. The number of hydrogen-bond donors (Lipinski definition) is 1. The van der Waals surface area contributed by atoms with Crippen LogP contribution < -0.4 is 5.73 Å². The maximum absolute atomic E-state index is 5.88. The molecule has 0 fully saturated rings. The zero-order valence-corrected chi connectivity index (χ0v) is 11.2. The lowest BCUT2D eigenvalue weighted by atomic mass is 10.1. The van der Waals surface area contributed by atoms with E-state index in [1.165, 1.54) is 5.56 Å². The van der Waals surface area contributed by atoms with Crippen molar-refractivity contribution < 1.29 is 0 Å². The molecule has 0 saturated carbocycles. The second kappa shape index (κ2) is 6.02. The Hall–Kier alpha value is 0.430. The van der Waals surface area contributed by atoms with Gasteiger partial charge in [0.2, 0.25) is 0 Å². The van der Waals surface area contributed by atoms with Crippen LogP contribution >= 0.6 is 44.3 Å². The third kappa shape index (κ3) is 3.58. The van der Waals surface area contributed by atoms with Gasteiger partial charge in [0.25, 0.3) is 0 Å². The predicted molar refractivity (Wildman–Crippen MR) is 66.3 cm³/mol. The van der Waals surface area contributed by atoms with Gasteiger partial charge in [-0.15, -0.1) is 12.4 Å². The normalized spacial score (nSPS) is 12.0. The lowest BCUT2D eigenvalue weighted by Crippen LogP contribution is -2.08. The van der Waals surface area contributed by atoms with E-state index in [2.05, 4.69) is 44.8 Å². The van der Waals surface area contributed by atoms with Gasteiger partial charge >= 0.3 is 0 Å². The molecule has 0 heterocycles. The Morgan fingerprint density at radius 2 is 1.92 bits per heavy atom. The lowest BCUT2D eigenvalue weighted by Gasteiger charge is -2.09. The molecule has 0 spiro atoms. The maximum atomic E-state index is 5.88. The Bertz CT molecular complexity index is 278. The van der Waals surface area contributed by atoms with Gasteiger partial charge in [-0.3, -0.25) is 0 Å². The van der Waals surface area contributed by atoms with Gasteiger partial charge in [-0.25, -0.2) is 0 Å². The number of rotatable bonds is 2. The molecule has 0 aliphatic rings. The second-order valence-electron chi connectivity index (χ2n) is 2.69. The average Bonchev–Trinajstić information content (AvgIpc) is 2.08. The van der Waals surface area contributed by atoms with Crippen molar-refractivity contribution in [2.75, 3.05) is 0 Å². The van der Waals surface area contributed by atoms with Gasteiger partial charge in [0.15, 0.2) is 0 Å². The maximum Gasteiger partial charge on any atom is 0.0320 e. The van der Waals surface area contributed by atoms with Crippen molar-refractivity contribution in [1.29, 1.82) is 0 Å². The van der Waals surface area contributed by atoms with Crippen molar-refractivity contribution in [3.8, 4) is 0 Å². The third-order valence-corrected chi connectivity index (χ3v) is 3.69. The fraction of sp³-hybridized carbons (Fsp3) is 0.333. The highest BCUT2D eigenvalue weighted by molar-refractivity contribution is 9.13. The smallest absolute Gasteiger partial charge is 0.0320 e. The highest BCUT2D eigenvalue weighted by atomic mass is 79.9. The average molecular weight is 329 g/mol. The van der Waals surface area contributed by atoms with E-state index in [-0.39, 0.29) is 18.4 Å². The number of hydrogen-bond acceptors (Lipinski definition) is 1. The van der Waals surface area contributed by atoms with Gasteiger partial charge in [0.1, 0.15) is 0 Å². The molecule has 0 aliphatic carbocycles. The van der Waals surface area contributed by atoms with Crippen LogP contribution in [0.2, 0.25) is 0 Å². The van der Waals surface area contributed by atoms with Crippen LogP contribution in [0.25, 0.3) is 0 Å². The third-order valence-electron chi connectivity index (χ3n) is 1.81. The number of nitrogens with two attached hydrogens (primary N) is 1. The van der Waals surface area contributed by atoms with Crippen LogP contribution in [0, 0.1) is 0 Å². The van der Waals surface area contributed by atoms with E-state index in [4.69, 9.17) is 5.73 Å². The Kier molecular flexibility index (Phi) is 6.21. The monoisotopic (exact) mass is 327 g/mol. The zero-order valence-electron chi connectivity index (χ0n) is 7.26. The van der Waals surface area contributed by atoms with Crippen LogP contribution in [0.15, 0.2) is 27.1 Å². The van der Waals surface area contributed by atoms with Gasteiger partial charge in [0.05, 0.1) is 0 Å². The minimum absolute atomic E-state index is 0. The quantitative estimate of drug-likeness (QED) is 0.870. The van der Waals surface area contributed by atoms with Crippen molar-refractivity contribution in [2.24, 2.45) is 5.73 Å². The molecule has 0 aliphatic heterocycles. The molecule has 1 atom stereocenters. The molecular weight excluding hydrogens is 317 g/mol. The van der Waals surface area contributed by atoms with Crippen LogP contribution in [-0.2, 0) is 0 Å². The largest absolute Gasteiger partial charge is 0.324 e. The summed E-state index contributed by atoms with van der Waals surface area (Å²) in [4.78, 5) is 0. The highest BCUT2D eigenvalue weighted by Gasteiger charge is 2.04. The molecule has 0 bridgehead atoms. The van der Waals surface area contributed by atoms with Crippen molar-refractivity contribution in [2.45, 2.75) is 19.4 Å². The summed E-state index contributed by atoms with van der Waals surface area (Å²) in [5.74, 6) is 0. The molecule has 74 valence electrons. The summed E-state index contributed by atoms with van der Waals surface area (Å²) in [6.45, 7) is 2.08. The van der Waals surface area contributed by atoms with Crippen molar-refractivity contribution >= 4 is 44.3 Å². The summed E-state index contributed by atoms with van der Waals surface area (Å²) in [6.07, 6.45) is 0.966. The Morgan fingerprint density at radius 3 is 2.38 bits per heavy atom. The topological polar surface area (TPSA) is 26.0 Å². The molecule has 1 aromatic rings. The van der Waals surface area contributed by atoms with E-state index in [0.29, 0.717) is 0 Å². The Labute approximate surface area is 102 Å². The minimum Gasteiger partial charge on any atom is -0.324 e. The van der Waals surface area contributed by atoms with Gasteiger partial charge in [-0.2, -0.15) is 0 Å². The molecular formula is C9H12Br2ClN. The van der Waals surface area contributed by atoms with Gasteiger partial charge < -0.3 is 5.73 Å². The Balaban J connectivity index is 0.00000144. The van der Waals surface area contributed by atoms with Crippen LogP contribution in [-0.4, -0.2) is 0 Å². The van der Waals surface area contributed by atoms with E-state index >= 15 is 0 Å². The van der Waals surface area contributed by atoms with Gasteiger partial charge in [-0.05, 0) is 56.0 Å². The summed E-state index contributed by atoms with van der Waals surface area (Å²) in [6, 6.07) is 6.25. The molecule has 0 unspecified atom stereocenters. The molecule has 0 aromatic heterocycles. The van der Waals surface area contributed by atoms with Crippen LogP contribution in [0.4, 0.5) is 0 Å². The van der Waals surface area contributed by atoms with Crippen molar-refractivity contribution in [1.82, 2.24) is 0 Å². The van der Waals surface area contributed by atoms with Gasteiger partial charge in [-0.1, -0.05) is 13.0 Å². The van der Waals surface area contributed by atoms with Crippen LogP contribution in [0.3, 0.4) is 0 Å². The van der Waals surface area contributed by atoms with Crippen LogP contribution in [0.5, 0.6) is 0 Å². The van der Waals surface area contributed by atoms with E-state index < -0.39 is 0 Å². The van der Waals surface area contributed by atoms with E-state index in [0.717, 1.165) is 15.4 Å². The summed E-state index contributed by atoms with van der Waals surface area (Å²) in [7, 11) is 0. The number of benzene rings is 1.